The molecule has 5 heteroatoms. The molecule has 3 aromatic rings. The van der Waals surface area contributed by atoms with Gasteiger partial charge in [-0.25, -0.2) is 0 Å². The molecule has 0 radical (unpaired) electrons. The Bertz CT molecular complexity index is 951. The first-order valence-electron chi connectivity index (χ1n) is 9.16. The van der Waals surface area contributed by atoms with Crippen molar-refractivity contribution in [2.24, 2.45) is 0 Å². The molecule has 0 unspecified atom stereocenters. The molecule has 142 valence electrons. The first-order valence-corrected chi connectivity index (χ1v) is 9.16. The van der Waals surface area contributed by atoms with Crippen molar-refractivity contribution in [1.29, 1.82) is 0 Å². The Morgan fingerprint density at radius 1 is 1.07 bits per heavy atom. The highest BCUT2D eigenvalue weighted by Gasteiger charge is 2.17. The fourth-order valence-electron chi connectivity index (χ4n) is 2.98. The number of benzene rings is 2. The monoisotopic (exact) mass is 366 g/mol. The van der Waals surface area contributed by atoms with Crippen LogP contribution < -0.4 is 10.3 Å². The fraction of sp³-hybridized carbons (Fsp3) is 0.318. The number of aromatic nitrogens is 1. The van der Waals surface area contributed by atoms with Crippen molar-refractivity contribution < 1.29 is 9.84 Å². The average Bonchev–Trinajstić information content (AvgIpc) is 2.66. The van der Waals surface area contributed by atoms with Crippen LogP contribution in [-0.2, 0) is 6.61 Å². The second-order valence-electron chi connectivity index (χ2n) is 7.09. The van der Waals surface area contributed by atoms with E-state index in [9.17, 15) is 9.90 Å². The number of nitrogens with zero attached hydrogens (tertiary/aromatic N) is 1. The van der Waals surface area contributed by atoms with Gasteiger partial charge in [0.2, 0.25) is 5.56 Å². The summed E-state index contributed by atoms with van der Waals surface area (Å²) < 4.78 is 5.95. The Morgan fingerprint density at radius 2 is 1.81 bits per heavy atom. The zero-order chi connectivity index (χ0) is 19.4. The van der Waals surface area contributed by atoms with E-state index in [2.05, 4.69) is 23.7 Å². The highest BCUT2D eigenvalue weighted by molar-refractivity contribution is 5.87. The first-order chi connectivity index (χ1) is 13.0. The molecular weight excluding hydrogens is 340 g/mol. The molecule has 0 amide bonds. The fourth-order valence-corrected chi connectivity index (χ4v) is 2.98. The lowest BCUT2D eigenvalue weighted by atomic mass is 10.0. The third-order valence-corrected chi connectivity index (χ3v) is 4.83. The number of aromatic amines is 1. The van der Waals surface area contributed by atoms with Gasteiger partial charge in [0.15, 0.2) is 0 Å². The summed E-state index contributed by atoms with van der Waals surface area (Å²) in [6.45, 7) is 5.09. The molecule has 3 rings (SSSR count). The number of ether oxygens (including phenoxy) is 1. The van der Waals surface area contributed by atoms with Crippen molar-refractivity contribution in [2.45, 2.75) is 32.6 Å². The Morgan fingerprint density at radius 3 is 2.52 bits per heavy atom. The number of likely N-dealkylation sites (N-methyl/N-ethyl adjacent to an activating group) is 1. The van der Waals surface area contributed by atoms with Gasteiger partial charge in [0.05, 0.1) is 11.6 Å². The summed E-state index contributed by atoms with van der Waals surface area (Å²) in [6, 6.07) is 17.1. The lowest BCUT2D eigenvalue weighted by molar-refractivity contribution is 0.113. The minimum atomic E-state index is -0.658. The zero-order valence-corrected chi connectivity index (χ0v) is 16.0. The van der Waals surface area contributed by atoms with E-state index in [1.54, 1.807) is 6.07 Å². The van der Waals surface area contributed by atoms with Crippen molar-refractivity contribution in [3.05, 3.63) is 76.1 Å². The standard InChI is InChI=1S/C22H26N2O3/c1-15(2)24(3)13-19(25)17-9-11-20(22-18(17)10-12-21(26)23-22)27-14-16-7-5-4-6-8-16/h4-12,15,19,25H,13-14H2,1-3H3,(H,23,26)/t19-/m0/s1. The van der Waals surface area contributed by atoms with Crippen LogP contribution in [0.25, 0.3) is 10.9 Å². The van der Waals surface area contributed by atoms with Crippen LogP contribution in [0, 0.1) is 0 Å². The van der Waals surface area contributed by atoms with E-state index in [-0.39, 0.29) is 5.56 Å². The van der Waals surface area contributed by atoms with Gasteiger partial charge in [-0.15, -0.1) is 0 Å². The van der Waals surface area contributed by atoms with E-state index in [0.29, 0.717) is 30.5 Å². The maximum absolute atomic E-state index is 11.9. The van der Waals surface area contributed by atoms with Crippen LogP contribution in [0.15, 0.2) is 59.4 Å². The molecule has 2 N–H and O–H groups in total. The molecule has 1 aromatic heterocycles. The summed E-state index contributed by atoms with van der Waals surface area (Å²) >= 11 is 0. The predicted molar refractivity (Wildman–Crippen MR) is 108 cm³/mol. The molecule has 1 atom stereocenters. The summed E-state index contributed by atoms with van der Waals surface area (Å²) in [6.07, 6.45) is -0.658. The van der Waals surface area contributed by atoms with Crippen molar-refractivity contribution in [3.63, 3.8) is 0 Å². The predicted octanol–water partition coefficient (Wildman–Crippen LogP) is 3.48. The normalized spacial score (nSPS) is 12.7. The van der Waals surface area contributed by atoms with Crippen molar-refractivity contribution in [1.82, 2.24) is 9.88 Å². The molecule has 1 heterocycles. The van der Waals surface area contributed by atoms with Crippen LogP contribution in [0.4, 0.5) is 0 Å². The van der Waals surface area contributed by atoms with E-state index in [1.807, 2.05) is 49.5 Å². The topological polar surface area (TPSA) is 65.6 Å². The van der Waals surface area contributed by atoms with Crippen molar-refractivity contribution in [2.75, 3.05) is 13.6 Å². The number of pyridine rings is 1. The molecule has 0 aliphatic heterocycles. The van der Waals surface area contributed by atoms with Gasteiger partial charge in [-0.3, -0.25) is 4.79 Å². The van der Waals surface area contributed by atoms with Crippen LogP contribution in [0.2, 0.25) is 0 Å². The van der Waals surface area contributed by atoms with Gasteiger partial charge in [0.1, 0.15) is 12.4 Å². The van der Waals surface area contributed by atoms with Gasteiger partial charge in [-0.2, -0.15) is 0 Å². The molecule has 0 saturated heterocycles. The second-order valence-corrected chi connectivity index (χ2v) is 7.09. The number of nitrogens with one attached hydrogen (secondary N) is 1. The Labute approximate surface area is 159 Å². The SMILES string of the molecule is CC(C)N(C)C[C@H](O)c1ccc(OCc2ccccc2)c2[nH]c(=O)ccc12. The summed E-state index contributed by atoms with van der Waals surface area (Å²) in [5, 5.41) is 11.5. The average molecular weight is 366 g/mol. The lowest BCUT2D eigenvalue weighted by Gasteiger charge is -2.25. The molecule has 27 heavy (non-hydrogen) atoms. The number of aliphatic hydroxyl groups is 1. The highest BCUT2D eigenvalue weighted by atomic mass is 16.5. The number of H-pyrrole nitrogens is 1. The number of hydrogen-bond donors (Lipinski definition) is 2. The zero-order valence-electron chi connectivity index (χ0n) is 16.0. The van der Waals surface area contributed by atoms with E-state index in [4.69, 9.17) is 4.74 Å². The Hall–Kier alpha value is -2.63. The maximum Gasteiger partial charge on any atom is 0.248 e. The molecule has 5 nitrogen and oxygen atoms in total. The summed E-state index contributed by atoms with van der Waals surface area (Å²) in [5.41, 5.74) is 2.24. The largest absolute Gasteiger partial charge is 0.487 e. The lowest BCUT2D eigenvalue weighted by Crippen LogP contribution is -2.30. The van der Waals surface area contributed by atoms with Gasteiger partial charge in [-0.05, 0) is 44.2 Å². The minimum Gasteiger partial charge on any atom is -0.487 e. The van der Waals surface area contributed by atoms with E-state index in [1.165, 1.54) is 6.07 Å². The second kappa shape index (κ2) is 8.37. The quantitative estimate of drug-likeness (QED) is 0.672. The van der Waals surface area contributed by atoms with Crippen molar-refractivity contribution in [3.8, 4) is 5.75 Å². The maximum atomic E-state index is 11.9. The van der Waals surface area contributed by atoms with Crippen molar-refractivity contribution >= 4 is 10.9 Å². The third kappa shape index (κ3) is 4.56. The Balaban J connectivity index is 1.93. The first kappa shape index (κ1) is 19.1. The number of hydrogen-bond acceptors (Lipinski definition) is 4. The van der Waals surface area contributed by atoms with E-state index >= 15 is 0 Å². The van der Waals surface area contributed by atoms with Gasteiger partial charge in [-0.1, -0.05) is 36.4 Å². The molecular formula is C22H26N2O3. The van der Waals surface area contributed by atoms with Gasteiger partial charge >= 0.3 is 0 Å². The summed E-state index contributed by atoms with van der Waals surface area (Å²) in [5.74, 6) is 0.597. The molecule has 0 saturated carbocycles. The molecule has 0 bridgehead atoms. The minimum absolute atomic E-state index is 0.196. The van der Waals surface area contributed by atoms with Gasteiger partial charge in [0.25, 0.3) is 0 Å². The summed E-state index contributed by atoms with van der Waals surface area (Å²) in [7, 11) is 1.98. The summed E-state index contributed by atoms with van der Waals surface area (Å²) in [4.78, 5) is 16.8. The smallest absolute Gasteiger partial charge is 0.248 e. The Kier molecular flexibility index (Phi) is 5.94. The van der Waals surface area contributed by atoms with E-state index < -0.39 is 6.10 Å². The molecule has 2 aromatic carbocycles. The molecule has 0 spiro atoms. The van der Waals surface area contributed by atoms with Crippen LogP contribution in [0.1, 0.15) is 31.1 Å². The molecule has 0 fully saturated rings. The van der Waals surface area contributed by atoms with Gasteiger partial charge < -0.3 is 19.7 Å². The van der Waals surface area contributed by atoms with Crippen LogP contribution >= 0.6 is 0 Å². The number of fused-ring (bicyclic) bond motifs is 1. The number of rotatable bonds is 7. The third-order valence-electron chi connectivity index (χ3n) is 4.83. The van der Waals surface area contributed by atoms with Crippen LogP contribution in [0.5, 0.6) is 5.75 Å². The molecule has 0 aliphatic carbocycles. The molecule has 0 aliphatic rings. The van der Waals surface area contributed by atoms with Crippen LogP contribution in [-0.4, -0.2) is 34.6 Å². The van der Waals surface area contributed by atoms with Gasteiger partial charge in [0, 0.05) is 24.0 Å². The number of aliphatic hydroxyl groups excluding tert-OH is 1. The highest BCUT2D eigenvalue weighted by Crippen LogP contribution is 2.30. The van der Waals surface area contributed by atoms with E-state index in [0.717, 1.165) is 16.5 Å². The van der Waals surface area contributed by atoms with Crippen LogP contribution in [0.3, 0.4) is 0 Å².